The Bertz CT molecular complexity index is 815. The van der Waals surface area contributed by atoms with Crippen molar-refractivity contribution in [2.45, 2.75) is 0 Å². The monoisotopic (exact) mass is 301 g/mol. The highest BCUT2D eigenvalue weighted by atomic mass is 16.5. The Morgan fingerprint density at radius 3 is 2.77 bits per heavy atom. The molecule has 0 fully saturated rings. The van der Waals surface area contributed by atoms with Crippen LogP contribution in [-0.2, 0) is 9.53 Å². The summed E-state index contributed by atoms with van der Waals surface area (Å²) >= 11 is 0. The van der Waals surface area contributed by atoms with Crippen LogP contribution in [0.4, 0.5) is 0 Å². The van der Waals surface area contributed by atoms with Crippen molar-refractivity contribution in [2.24, 2.45) is 5.11 Å². The van der Waals surface area contributed by atoms with Gasteiger partial charge in [-0.1, -0.05) is 0 Å². The lowest BCUT2D eigenvalue weighted by Gasteiger charge is -2.03. The quantitative estimate of drug-likeness (QED) is 0.283. The van der Waals surface area contributed by atoms with Gasteiger partial charge in [0.1, 0.15) is 5.76 Å². The molecule has 8 nitrogen and oxygen atoms in total. The van der Waals surface area contributed by atoms with E-state index in [4.69, 9.17) is 19.4 Å². The third-order valence-electron chi connectivity index (χ3n) is 2.83. The molecule has 0 bridgehead atoms. The number of carbonyl (C=O) groups is 2. The van der Waals surface area contributed by atoms with E-state index < -0.39 is 11.9 Å². The summed E-state index contributed by atoms with van der Waals surface area (Å²) in [6.07, 6.45) is 2.39. The fraction of sp³-hybridized carbons (Fsp3) is 0.143. The first-order valence-corrected chi connectivity index (χ1v) is 6.06. The summed E-state index contributed by atoms with van der Waals surface area (Å²) in [5.74, 6) is -0.549. The standard InChI is InChI=1S/C14H11N3O5/c1-20-11-5-4-9(14(19)21-2)10-7-8(22-13(10)11)3-6-12(18)16-17-15/h3-7H,1-2H3/b6-3-. The van der Waals surface area contributed by atoms with Gasteiger partial charge in [0.15, 0.2) is 11.3 Å². The van der Waals surface area contributed by atoms with Gasteiger partial charge >= 0.3 is 5.97 Å². The van der Waals surface area contributed by atoms with E-state index in [0.29, 0.717) is 28.0 Å². The van der Waals surface area contributed by atoms with E-state index in [9.17, 15) is 9.59 Å². The molecule has 0 radical (unpaired) electrons. The van der Waals surface area contributed by atoms with Crippen molar-refractivity contribution < 1.29 is 23.5 Å². The molecule has 1 aromatic heterocycles. The molecule has 0 aliphatic carbocycles. The van der Waals surface area contributed by atoms with Crippen LogP contribution >= 0.6 is 0 Å². The first kappa shape index (κ1) is 15.1. The van der Waals surface area contributed by atoms with Crippen molar-refractivity contribution in [3.05, 3.63) is 46.0 Å². The smallest absolute Gasteiger partial charge is 0.338 e. The maximum absolute atomic E-state index is 11.8. The third kappa shape index (κ3) is 2.92. The second-order valence-corrected chi connectivity index (χ2v) is 4.06. The molecule has 1 heterocycles. The van der Waals surface area contributed by atoms with Crippen LogP contribution in [0.5, 0.6) is 5.75 Å². The van der Waals surface area contributed by atoms with Crippen LogP contribution in [0.1, 0.15) is 16.1 Å². The molecule has 22 heavy (non-hydrogen) atoms. The van der Waals surface area contributed by atoms with Crippen molar-refractivity contribution in [3.8, 4) is 5.75 Å². The summed E-state index contributed by atoms with van der Waals surface area (Å²) in [5, 5.41) is 3.39. The Balaban J connectivity index is 2.53. The molecule has 0 atom stereocenters. The molecule has 0 unspecified atom stereocenters. The summed E-state index contributed by atoms with van der Waals surface area (Å²) in [5.41, 5.74) is 8.81. The maximum atomic E-state index is 11.8. The van der Waals surface area contributed by atoms with Crippen LogP contribution in [0.15, 0.2) is 33.8 Å². The minimum Gasteiger partial charge on any atom is -0.493 e. The number of amides is 1. The number of azide groups is 1. The predicted molar refractivity (Wildman–Crippen MR) is 77.3 cm³/mol. The van der Waals surface area contributed by atoms with E-state index in [0.717, 1.165) is 6.08 Å². The number of methoxy groups -OCH3 is 2. The van der Waals surface area contributed by atoms with Crippen LogP contribution < -0.4 is 4.74 Å². The molecule has 0 spiro atoms. The van der Waals surface area contributed by atoms with Crippen molar-refractivity contribution in [3.63, 3.8) is 0 Å². The molecule has 2 rings (SSSR count). The number of ether oxygens (including phenoxy) is 2. The number of rotatable bonds is 4. The number of hydrogen-bond donors (Lipinski definition) is 0. The molecule has 0 saturated carbocycles. The molecule has 0 saturated heterocycles. The van der Waals surface area contributed by atoms with Gasteiger partial charge in [-0.15, -0.1) is 0 Å². The van der Waals surface area contributed by atoms with Gasteiger partial charge in [-0.25, -0.2) is 4.79 Å². The average Bonchev–Trinajstić information content (AvgIpc) is 2.95. The fourth-order valence-electron chi connectivity index (χ4n) is 1.88. The first-order chi connectivity index (χ1) is 10.6. The van der Waals surface area contributed by atoms with E-state index in [-0.39, 0.29) is 0 Å². The molecule has 0 aliphatic heterocycles. The van der Waals surface area contributed by atoms with Crippen LogP contribution in [0.2, 0.25) is 0 Å². The highest BCUT2D eigenvalue weighted by Gasteiger charge is 2.17. The third-order valence-corrected chi connectivity index (χ3v) is 2.83. The van der Waals surface area contributed by atoms with Gasteiger partial charge in [0, 0.05) is 10.3 Å². The Morgan fingerprint density at radius 1 is 1.36 bits per heavy atom. The van der Waals surface area contributed by atoms with Crippen LogP contribution in [0.25, 0.3) is 27.5 Å². The fourth-order valence-corrected chi connectivity index (χ4v) is 1.88. The number of carbonyl (C=O) groups excluding carboxylic acids is 2. The second-order valence-electron chi connectivity index (χ2n) is 4.06. The Kier molecular flexibility index (Phi) is 4.45. The lowest BCUT2D eigenvalue weighted by molar-refractivity contribution is -0.113. The van der Waals surface area contributed by atoms with Gasteiger partial charge in [-0.05, 0) is 41.0 Å². The van der Waals surface area contributed by atoms with Crippen molar-refractivity contribution in [1.82, 2.24) is 0 Å². The van der Waals surface area contributed by atoms with E-state index in [2.05, 4.69) is 10.0 Å². The van der Waals surface area contributed by atoms with Gasteiger partial charge in [-0.3, -0.25) is 4.79 Å². The number of hydrogen-bond acceptors (Lipinski definition) is 5. The zero-order valence-electron chi connectivity index (χ0n) is 11.8. The lowest BCUT2D eigenvalue weighted by Crippen LogP contribution is -2.01. The summed E-state index contributed by atoms with van der Waals surface area (Å²) in [6.45, 7) is 0. The van der Waals surface area contributed by atoms with Crippen molar-refractivity contribution in [1.29, 1.82) is 0 Å². The maximum Gasteiger partial charge on any atom is 0.338 e. The molecule has 0 aliphatic rings. The molecule has 0 N–H and O–H groups in total. The number of furan rings is 1. The second kappa shape index (κ2) is 6.47. The zero-order valence-corrected chi connectivity index (χ0v) is 11.8. The highest BCUT2D eigenvalue weighted by molar-refractivity contribution is 6.05. The lowest BCUT2D eigenvalue weighted by atomic mass is 10.1. The minimum atomic E-state index is -0.761. The van der Waals surface area contributed by atoms with E-state index >= 15 is 0 Å². The topological polar surface area (TPSA) is 115 Å². The average molecular weight is 301 g/mol. The van der Waals surface area contributed by atoms with E-state index in [1.165, 1.54) is 20.3 Å². The number of nitrogens with zero attached hydrogens (tertiary/aromatic N) is 3. The van der Waals surface area contributed by atoms with Crippen LogP contribution in [0, 0.1) is 0 Å². The molecule has 112 valence electrons. The van der Waals surface area contributed by atoms with Crippen LogP contribution in [-0.4, -0.2) is 26.1 Å². The highest BCUT2D eigenvalue weighted by Crippen LogP contribution is 2.32. The molecule has 1 amide bonds. The van der Waals surface area contributed by atoms with Gasteiger partial charge in [0.2, 0.25) is 5.91 Å². The SMILES string of the molecule is COC(=O)c1ccc(OC)c2oc(/C=C\C(=O)N=[N+]=[N-])cc12. The summed E-state index contributed by atoms with van der Waals surface area (Å²) in [7, 11) is 2.74. The molecule has 2 aromatic rings. The summed E-state index contributed by atoms with van der Waals surface area (Å²) in [6, 6.07) is 4.70. The zero-order chi connectivity index (χ0) is 16.1. The molecule has 8 heteroatoms. The summed E-state index contributed by atoms with van der Waals surface area (Å²) in [4.78, 5) is 25.3. The van der Waals surface area contributed by atoms with Gasteiger partial charge in [-0.2, -0.15) is 0 Å². The normalized spacial score (nSPS) is 10.5. The Hall–Kier alpha value is -3.25. The minimum absolute atomic E-state index is 0.297. The van der Waals surface area contributed by atoms with Crippen molar-refractivity contribution in [2.75, 3.05) is 14.2 Å². The predicted octanol–water partition coefficient (Wildman–Crippen LogP) is 3.08. The van der Waals surface area contributed by atoms with Gasteiger partial charge in [0.25, 0.3) is 0 Å². The number of fused-ring (bicyclic) bond motifs is 1. The molecule has 1 aromatic carbocycles. The van der Waals surface area contributed by atoms with E-state index in [1.54, 1.807) is 18.2 Å². The largest absolute Gasteiger partial charge is 0.493 e. The summed E-state index contributed by atoms with van der Waals surface area (Å²) < 4.78 is 15.4. The Labute approximate surface area is 124 Å². The molecular formula is C14H11N3O5. The number of esters is 1. The number of benzene rings is 1. The van der Waals surface area contributed by atoms with Gasteiger partial charge in [0.05, 0.1) is 19.8 Å². The first-order valence-electron chi connectivity index (χ1n) is 6.06. The van der Waals surface area contributed by atoms with Crippen LogP contribution in [0.3, 0.4) is 0 Å². The van der Waals surface area contributed by atoms with E-state index in [1.807, 2.05) is 0 Å². The van der Waals surface area contributed by atoms with Gasteiger partial charge < -0.3 is 13.9 Å². The molecular weight excluding hydrogens is 290 g/mol. The Morgan fingerprint density at radius 2 is 2.14 bits per heavy atom. The van der Waals surface area contributed by atoms with Crippen molar-refractivity contribution >= 4 is 28.9 Å².